The molecule has 7 nitrogen and oxygen atoms in total. The van der Waals surface area contributed by atoms with E-state index in [1.807, 2.05) is 47.0 Å². The SMILES string of the molecule is Clc1ccc(-c2nnc(CSc3nnc(-c4ccco4)n3Cc3ccccc3)o2)cc1. The zero-order valence-electron chi connectivity index (χ0n) is 16.2. The lowest BCUT2D eigenvalue weighted by Crippen LogP contribution is -2.04. The summed E-state index contributed by atoms with van der Waals surface area (Å²) in [5.41, 5.74) is 1.96. The molecule has 0 amide bonds. The Labute approximate surface area is 187 Å². The first-order chi connectivity index (χ1) is 15.3. The zero-order chi connectivity index (χ0) is 21.0. The molecule has 3 heterocycles. The molecule has 0 saturated carbocycles. The van der Waals surface area contributed by atoms with E-state index >= 15 is 0 Å². The van der Waals surface area contributed by atoms with Crippen LogP contribution in [0, 0.1) is 0 Å². The molecule has 0 aliphatic carbocycles. The number of halogens is 1. The molecular weight excluding hydrogens is 434 g/mol. The van der Waals surface area contributed by atoms with Gasteiger partial charge in [0.2, 0.25) is 17.6 Å². The van der Waals surface area contributed by atoms with Crippen LogP contribution in [0.2, 0.25) is 5.02 Å². The minimum Gasteiger partial charge on any atom is -0.461 e. The number of hydrogen-bond acceptors (Lipinski definition) is 7. The Kier molecular flexibility index (Phi) is 5.56. The van der Waals surface area contributed by atoms with Gasteiger partial charge in [-0.2, -0.15) is 0 Å². The number of hydrogen-bond donors (Lipinski definition) is 0. The average molecular weight is 450 g/mol. The molecule has 0 aliphatic heterocycles. The maximum Gasteiger partial charge on any atom is 0.247 e. The minimum absolute atomic E-state index is 0.453. The van der Waals surface area contributed by atoms with Crippen molar-refractivity contribution in [1.29, 1.82) is 0 Å². The van der Waals surface area contributed by atoms with Gasteiger partial charge in [-0.1, -0.05) is 53.7 Å². The molecule has 5 aromatic rings. The first-order valence-electron chi connectivity index (χ1n) is 9.48. The van der Waals surface area contributed by atoms with Crippen molar-refractivity contribution in [3.63, 3.8) is 0 Å². The standard InChI is InChI=1S/C22H16ClN5O2S/c23-17-10-8-16(9-11-17)21-26-24-19(30-21)14-31-22-27-25-20(18-7-4-12-29-18)28(22)13-15-5-2-1-3-6-15/h1-12H,13-14H2. The molecule has 154 valence electrons. The molecule has 3 aromatic heterocycles. The van der Waals surface area contributed by atoms with Crippen molar-refractivity contribution in [2.24, 2.45) is 0 Å². The molecule has 0 spiro atoms. The van der Waals surface area contributed by atoms with Gasteiger partial charge in [0.25, 0.3) is 0 Å². The van der Waals surface area contributed by atoms with Crippen molar-refractivity contribution in [1.82, 2.24) is 25.0 Å². The van der Waals surface area contributed by atoms with Crippen molar-refractivity contribution in [2.75, 3.05) is 0 Å². The van der Waals surface area contributed by atoms with Crippen LogP contribution in [0.4, 0.5) is 0 Å². The van der Waals surface area contributed by atoms with E-state index in [1.54, 1.807) is 18.4 Å². The maximum absolute atomic E-state index is 5.94. The van der Waals surface area contributed by atoms with Crippen LogP contribution >= 0.6 is 23.4 Å². The summed E-state index contributed by atoms with van der Waals surface area (Å²) in [6.45, 7) is 0.617. The molecule has 31 heavy (non-hydrogen) atoms. The van der Waals surface area contributed by atoms with E-state index in [9.17, 15) is 0 Å². The lowest BCUT2D eigenvalue weighted by atomic mass is 10.2. The third-order valence-electron chi connectivity index (χ3n) is 4.52. The lowest BCUT2D eigenvalue weighted by molar-refractivity contribution is 0.528. The average Bonchev–Trinajstić information content (AvgIpc) is 3.55. The summed E-state index contributed by atoms with van der Waals surface area (Å²) in [6.07, 6.45) is 1.63. The summed E-state index contributed by atoms with van der Waals surface area (Å²) < 4.78 is 13.4. The molecule has 0 unspecified atom stereocenters. The predicted octanol–water partition coefficient (Wildman–Crippen LogP) is 5.58. The second kappa shape index (κ2) is 8.79. The number of aromatic nitrogens is 5. The van der Waals surface area contributed by atoms with Gasteiger partial charge in [-0.3, -0.25) is 4.57 Å². The number of furan rings is 1. The van der Waals surface area contributed by atoms with E-state index in [-0.39, 0.29) is 0 Å². The Balaban J connectivity index is 1.37. The summed E-state index contributed by atoms with van der Waals surface area (Å²) in [6, 6.07) is 21.1. The maximum atomic E-state index is 5.94. The topological polar surface area (TPSA) is 82.8 Å². The van der Waals surface area contributed by atoms with Crippen molar-refractivity contribution in [2.45, 2.75) is 17.5 Å². The Hall–Kier alpha value is -3.36. The minimum atomic E-state index is 0.453. The fourth-order valence-corrected chi connectivity index (χ4v) is 3.94. The highest BCUT2D eigenvalue weighted by Crippen LogP contribution is 2.28. The van der Waals surface area contributed by atoms with Crippen LogP contribution in [0.3, 0.4) is 0 Å². The smallest absolute Gasteiger partial charge is 0.247 e. The van der Waals surface area contributed by atoms with E-state index in [0.29, 0.717) is 40.7 Å². The molecule has 0 fully saturated rings. The van der Waals surface area contributed by atoms with Gasteiger partial charge in [0.15, 0.2) is 10.9 Å². The number of benzene rings is 2. The number of nitrogens with zero attached hydrogens (tertiary/aromatic N) is 5. The number of rotatable bonds is 7. The van der Waals surface area contributed by atoms with Gasteiger partial charge < -0.3 is 8.83 Å². The first kappa shape index (κ1) is 19.6. The Morgan fingerprint density at radius 3 is 2.48 bits per heavy atom. The number of thioether (sulfide) groups is 1. The van der Waals surface area contributed by atoms with Gasteiger partial charge in [-0.05, 0) is 42.0 Å². The quantitative estimate of drug-likeness (QED) is 0.300. The van der Waals surface area contributed by atoms with E-state index in [4.69, 9.17) is 20.4 Å². The first-order valence-corrected chi connectivity index (χ1v) is 10.8. The summed E-state index contributed by atoms with van der Waals surface area (Å²) in [5, 5.41) is 18.4. The van der Waals surface area contributed by atoms with Crippen molar-refractivity contribution in [3.8, 4) is 23.0 Å². The van der Waals surface area contributed by atoms with E-state index in [2.05, 4.69) is 32.5 Å². The highest BCUT2D eigenvalue weighted by Gasteiger charge is 2.18. The summed E-state index contributed by atoms with van der Waals surface area (Å²) >= 11 is 7.42. The van der Waals surface area contributed by atoms with Gasteiger partial charge in [0, 0.05) is 10.6 Å². The highest BCUT2D eigenvalue weighted by molar-refractivity contribution is 7.98. The zero-order valence-corrected chi connectivity index (χ0v) is 17.8. The molecule has 0 saturated heterocycles. The second-order valence-electron chi connectivity index (χ2n) is 6.65. The van der Waals surface area contributed by atoms with Crippen LogP contribution in [-0.2, 0) is 12.3 Å². The van der Waals surface area contributed by atoms with Crippen molar-refractivity contribution >= 4 is 23.4 Å². The van der Waals surface area contributed by atoms with Crippen molar-refractivity contribution < 1.29 is 8.83 Å². The van der Waals surface area contributed by atoms with Crippen LogP contribution in [0.5, 0.6) is 0 Å². The third kappa shape index (κ3) is 4.40. The van der Waals surface area contributed by atoms with E-state index < -0.39 is 0 Å². The Morgan fingerprint density at radius 2 is 1.71 bits per heavy atom. The molecule has 5 rings (SSSR count). The molecule has 0 N–H and O–H groups in total. The summed E-state index contributed by atoms with van der Waals surface area (Å²) in [5.74, 6) is 2.76. The van der Waals surface area contributed by atoms with Crippen molar-refractivity contribution in [3.05, 3.63) is 89.5 Å². The van der Waals surface area contributed by atoms with E-state index in [0.717, 1.165) is 16.3 Å². The fourth-order valence-electron chi connectivity index (χ4n) is 3.04. The summed E-state index contributed by atoms with van der Waals surface area (Å²) in [4.78, 5) is 0. The normalized spacial score (nSPS) is 11.1. The Morgan fingerprint density at radius 1 is 0.871 bits per heavy atom. The molecule has 0 atom stereocenters. The van der Waals surface area contributed by atoms with E-state index in [1.165, 1.54) is 11.8 Å². The fraction of sp³-hybridized carbons (Fsp3) is 0.0909. The molecular formula is C22H16ClN5O2S. The third-order valence-corrected chi connectivity index (χ3v) is 5.73. The molecule has 0 radical (unpaired) electrons. The molecule has 0 aliphatic rings. The van der Waals surface area contributed by atoms with Gasteiger partial charge in [-0.25, -0.2) is 0 Å². The molecule has 0 bridgehead atoms. The highest BCUT2D eigenvalue weighted by atomic mass is 35.5. The predicted molar refractivity (Wildman–Crippen MR) is 118 cm³/mol. The van der Waals surface area contributed by atoms with Gasteiger partial charge in [0.05, 0.1) is 18.6 Å². The molecule has 2 aromatic carbocycles. The van der Waals surface area contributed by atoms with Crippen LogP contribution in [0.15, 0.2) is 87.0 Å². The second-order valence-corrected chi connectivity index (χ2v) is 8.03. The van der Waals surface area contributed by atoms with Crippen LogP contribution in [-0.4, -0.2) is 25.0 Å². The van der Waals surface area contributed by atoms with Crippen LogP contribution < -0.4 is 0 Å². The van der Waals surface area contributed by atoms with Gasteiger partial charge >= 0.3 is 0 Å². The molecule has 9 heteroatoms. The lowest BCUT2D eigenvalue weighted by Gasteiger charge is -2.08. The Bertz CT molecular complexity index is 1270. The largest absolute Gasteiger partial charge is 0.461 e. The summed E-state index contributed by atoms with van der Waals surface area (Å²) in [7, 11) is 0. The van der Waals surface area contributed by atoms with Crippen LogP contribution in [0.1, 0.15) is 11.5 Å². The van der Waals surface area contributed by atoms with Gasteiger partial charge in [-0.15, -0.1) is 20.4 Å². The van der Waals surface area contributed by atoms with Gasteiger partial charge in [0.1, 0.15) is 0 Å². The monoisotopic (exact) mass is 449 g/mol. The van der Waals surface area contributed by atoms with Crippen LogP contribution in [0.25, 0.3) is 23.0 Å².